The van der Waals surface area contributed by atoms with Gasteiger partial charge in [-0.3, -0.25) is 0 Å². The number of fused-ring (bicyclic) bond motifs is 1. The van der Waals surface area contributed by atoms with Crippen LogP contribution in [0.25, 0.3) is 16.9 Å². The van der Waals surface area contributed by atoms with Crippen LogP contribution >= 0.6 is 11.6 Å². The van der Waals surface area contributed by atoms with Crippen LogP contribution in [-0.2, 0) is 28.9 Å². The molecule has 0 aliphatic carbocycles. The Hall–Kier alpha value is -3.13. The smallest absolute Gasteiger partial charge is 0.218 e. The lowest BCUT2D eigenvalue weighted by molar-refractivity contribution is 0.338. The normalized spacial score (nSPS) is 13.7. The molecule has 4 aromatic rings. The molecule has 6 nitrogen and oxygen atoms in total. The lowest BCUT2D eigenvalue weighted by Crippen LogP contribution is -2.27. The Labute approximate surface area is 204 Å². The number of para-hydroxylation sites is 2. The Morgan fingerprint density at radius 1 is 0.941 bits per heavy atom. The van der Waals surface area contributed by atoms with Gasteiger partial charge in [0.15, 0.2) is 0 Å². The molecule has 5 rings (SSSR count). The van der Waals surface area contributed by atoms with E-state index in [1.54, 1.807) is 0 Å². The Bertz CT molecular complexity index is 1420. The van der Waals surface area contributed by atoms with Crippen molar-refractivity contribution < 1.29 is 13.2 Å². The van der Waals surface area contributed by atoms with Crippen molar-refractivity contribution in [3.63, 3.8) is 0 Å². The van der Waals surface area contributed by atoms with Crippen molar-refractivity contribution in [1.29, 1.82) is 0 Å². The van der Waals surface area contributed by atoms with Gasteiger partial charge in [0.25, 0.3) is 0 Å². The number of hydrogen-bond acceptors (Lipinski definition) is 4. The van der Waals surface area contributed by atoms with Crippen molar-refractivity contribution in [3.8, 4) is 22.7 Å². The lowest BCUT2D eigenvalue weighted by atomic mass is 10.1. The minimum absolute atomic E-state index is 0.0401. The van der Waals surface area contributed by atoms with Gasteiger partial charge >= 0.3 is 0 Å². The Morgan fingerprint density at radius 3 is 2.38 bits per heavy atom. The van der Waals surface area contributed by atoms with Gasteiger partial charge in [-0.15, -0.1) is 0 Å². The Morgan fingerprint density at radius 2 is 1.65 bits per heavy atom. The number of nitrogens with zero attached hydrogens (tertiary/aromatic N) is 3. The first-order valence-electron chi connectivity index (χ1n) is 11.1. The largest absolute Gasteiger partial charge is 0.492 e. The van der Waals surface area contributed by atoms with Crippen molar-refractivity contribution in [2.24, 2.45) is 0 Å². The predicted molar refractivity (Wildman–Crippen MR) is 133 cm³/mol. The molecule has 3 aromatic carbocycles. The van der Waals surface area contributed by atoms with Crippen LogP contribution in [0.5, 0.6) is 5.75 Å². The van der Waals surface area contributed by atoms with Crippen LogP contribution < -0.4 is 4.74 Å². The van der Waals surface area contributed by atoms with Gasteiger partial charge in [-0.05, 0) is 36.8 Å². The van der Waals surface area contributed by atoms with Gasteiger partial charge in [-0.25, -0.2) is 13.1 Å². The summed E-state index contributed by atoms with van der Waals surface area (Å²) in [6.45, 7) is 2.96. The van der Waals surface area contributed by atoms with Gasteiger partial charge in [0.1, 0.15) is 11.4 Å². The fourth-order valence-corrected chi connectivity index (χ4v) is 5.82. The van der Waals surface area contributed by atoms with Gasteiger partial charge in [-0.1, -0.05) is 66.2 Å². The van der Waals surface area contributed by atoms with Crippen LogP contribution in [0.4, 0.5) is 0 Å². The van der Waals surface area contributed by atoms with E-state index in [1.165, 1.54) is 4.31 Å². The Balaban J connectivity index is 1.57. The molecule has 1 aliphatic heterocycles. The highest BCUT2D eigenvalue weighted by atomic mass is 35.5. The molecule has 0 amide bonds. The highest BCUT2D eigenvalue weighted by molar-refractivity contribution is 7.88. The summed E-state index contributed by atoms with van der Waals surface area (Å²) in [4.78, 5) is 0. The fourth-order valence-electron chi connectivity index (χ4n) is 4.25. The first-order chi connectivity index (χ1) is 16.5. The molecular weight excluding hydrogens is 470 g/mol. The minimum Gasteiger partial charge on any atom is -0.492 e. The van der Waals surface area contributed by atoms with Crippen molar-refractivity contribution in [2.75, 3.05) is 6.61 Å². The van der Waals surface area contributed by atoms with Crippen LogP contribution in [0.1, 0.15) is 23.7 Å². The zero-order valence-corrected chi connectivity index (χ0v) is 20.3. The molecule has 8 heteroatoms. The number of hydrogen-bond donors (Lipinski definition) is 0. The maximum absolute atomic E-state index is 13.2. The number of halogens is 1. The number of benzene rings is 3. The summed E-state index contributed by atoms with van der Waals surface area (Å²) in [6.07, 6.45) is 0. The third kappa shape index (κ3) is 4.34. The maximum Gasteiger partial charge on any atom is 0.218 e. The summed E-state index contributed by atoms with van der Waals surface area (Å²) in [5, 5.41) is 5.50. The molecule has 0 N–H and O–H groups in total. The summed E-state index contributed by atoms with van der Waals surface area (Å²) < 4.78 is 35.6. The monoisotopic (exact) mass is 493 g/mol. The predicted octanol–water partition coefficient (Wildman–Crippen LogP) is 5.44. The second-order valence-electron chi connectivity index (χ2n) is 8.10. The molecule has 34 heavy (non-hydrogen) atoms. The van der Waals surface area contributed by atoms with E-state index in [0.29, 0.717) is 11.6 Å². The average molecular weight is 494 g/mol. The van der Waals surface area contributed by atoms with Crippen molar-refractivity contribution in [2.45, 2.75) is 25.8 Å². The first-order valence-corrected chi connectivity index (χ1v) is 13.1. The molecule has 1 aliphatic rings. The molecule has 0 spiro atoms. The summed E-state index contributed by atoms with van der Waals surface area (Å²) in [5.41, 5.74) is 4.96. The van der Waals surface area contributed by atoms with E-state index in [-0.39, 0.29) is 18.8 Å². The summed E-state index contributed by atoms with van der Waals surface area (Å²) in [7, 11) is -3.51. The highest BCUT2D eigenvalue weighted by Crippen LogP contribution is 2.38. The van der Waals surface area contributed by atoms with Crippen LogP contribution in [-0.4, -0.2) is 29.1 Å². The van der Waals surface area contributed by atoms with Crippen LogP contribution in [0, 0.1) is 0 Å². The molecule has 174 valence electrons. The molecule has 0 bridgehead atoms. The van der Waals surface area contributed by atoms with E-state index in [9.17, 15) is 8.42 Å². The van der Waals surface area contributed by atoms with E-state index < -0.39 is 10.0 Å². The zero-order chi connectivity index (χ0) is 23.7. The number of ether oxygens (including phenoxy) is 1. The van der Waals surface area contributed by atoms with E-state index in [1.807, 2.05) is 90.5 Å². The van der Waals surface area contributed by atoms with E-state index in [2.05, 4.69) is 0 Å². The molecule has 2 heterocycles. The van der Waals surface area contributed by atoms with Gasteiger partial charge in [-0.2, -0.15) is 9.40 Å². The fraction of sp³-hybridized carbons (Fsp3) is 0.192. The number of aromatic nitrogens is 2. The summed E-state index contributed by atoms with van der Waals surface area (Å²) >= 11 is 6.14. The molecule has 0 saturated carbocycles. The second-order valence-corrected chi connectivity index (χ2v) is 10.5. The van der Waals surface area contributed by atoms with Crippen LogP contribution in [0.2, 0.25) is 5.02 Å². The van der Waals surface area contributed by atoms with E-state index >= 15 is 0 Å². The summed E-state index contributed by atoms with van der Waals surface area (Å²) in [6, 6.07) is 24.5. The topological polar surface area (TPSA) is 64.4 Å². The van der Waals surface area contributed by atoms with Crippen molar-refractivity contribution >= 4 is 21.6 Å². The highest BCUT2D eigenvalue weighted by Gasteiger charge is 2.35. The van der Waals surface area contributed by atoms with Gasteiger partial charge in [0.05, 0.1) is 30.3 Å². The molecular formula is C26H24ClN3O3S. The summed E-state index contributed by atoms with van der Waals surface area (Å²) in [5.74, 6) is 0.677. The maximum atomic E-state index is 13.2. The molecule has 1 aromatic heterocycles. The lowest BCUT2D eigenvalue weighted by Gasteiger charge is -2.18. The zero-order valence-electron chi connectivity index (χ0n) is 18.7. The van der Waals surface area contributed by atoms with E-state index in [4.69, 9.17) is 21.4 Å². The number of rotatable bonds is 7. The quantitative estimate of drug-likeness (QED) is 0.344. The third-order valence-electron chi connectivity index (χ3n) is 5.82. The van der Waals surface area contributed by atoms with Gasteiger partial charge < -0.3 is 4.74 Å². The standard InChI is InChI=1S/C26H24ClN3O3S/c1-2-33-25-11-7-6-10-24(25)30-26(20-12-14-21(27)15-13-20)22-16-29(17-23(22)28-30)34(31,32)18-19-8-4-3-5-9-19/h3-15H,2,16-18H2,1H3. The van der Waals surface area contributed by atoms with Gasteiger partial charge in [0, 0.05) is 22.7 Å². The van der Waals surface area contributed by atoms with Crippen LogP contribution in [0.15, 0.2) is 78.9 Å². The third-order valence-corrected chi connectivity index (χ3v) is 7.82. The van der Waals surface area contributed by atoms with Gasteiger partial charge in [0.2, 0.25) is 10.0 Å². The Kier molecular flexibility index (Phi) is 6.16. The SMILES string of the molecule is CCOc1ccccc1-n1nc2c(c1-c1ccc(Cl)cc1)CN(S(=O)(=O)Cc1ccccc1)C2. The average Bonchev–Trinajstić information content (AvgIpc) is 3.40. The van der Waals surface area contributed by atoms with E-state index in [0.717, 1.165) is 39.5 Å². The molecule has 0 radical (unpaired) electrons. The molecule has 0 atom stereocenters. The first kappa shape index (κ1) is 22.7. The van der Waals surface area contributed by atoms with Crippen molar-refractivity contribution in [1.82, 2.24) is 14.1 Å². The number of sulfonamides is 1. The minimum atomic E-state index is -3.51. The van der Waals surface area contributed by atoms with Crippen molar-refractivity contribution in [3.05, 3.63) is 101 Å². The molecule has 0 unspecified atom stereocenters. The molecule has 0 fully saturated rings. The second kappa shape index (κ2) is 9.25. The molecule has 0 saturated heterocycles. The van der Waals surface area contributed by atoms with Crippen LogP contribution in [0.3, 0.4) is 0 Å².